The third kappa shape index (κ3) is 4.02. The molecule has 32 heavy (non-hydrogen) atoms. The van der Waals surface area contributed by atoms with Gasteiger partial charge in [0, 0.05) is 31.3 Å². The molecule has 3 N–H and O–H groups in total. The van der Waals surface area contributed by atoms with Crippen LogP contribution in [0, 0.1) is 0 Å². The van der Waals surface area contributed by atoms with E-state index < -0.39 is 18.2 Å². The Morgan fingerprint density at radius 3 is 2.72 bits per heavy atom. The average molecular weight is 431 g/mol. The number of hydrogen-bond acceptors (Lipinski definition) is 5. The lowest BCUT2D eigenvalue weighted by molar-refractivity contribution is 0.0249. The van der Waals surface area contributed by atoms with Crippen molar-refractivity contribution in [1.82, 2.24) is 24.6 Å². The van der Waals surface area contributed by atoms with Crippen LogP contribution in [0.5, 0.6) is 0 Å². The quantitative estimate of drug-likeness (QED) is 0.450. The number of amides is 1. The molecule has 1 fully saturated rings. The number of aliphatic hydroxyl groups is 2. The standard InChI is InChI=1S/C24H25N5O3/c30-18-8-9-22(31)20(13-18)27-24(32)19-15-28(21-3-1-10-25-23(19)21)14-16-4-6-17(7-5-16)29-12-2-11-26-29/h1-7,10-12,15,18,20,22,30-31H,8-9,13-14H2,(H,27,32)/t18?,20-,22-/m0/s1. The van der Waals surface area contributed by atoms with E-state index in [1.807, 2.05) is 53.2 Å². The van der Waals surface area contributed by atoms with E-state index in [0.29, 0.717) is 36.9 Å². The molecule has 0 radical (unpaired) electrons. The first-order valence-corrected chi connectivity index (χ1v) is 10.8. The van der Waals surface area contributed by atoms with E-state index >= 15 is 0 Å². The molecule has 8 heteroatoms. The van der Waals surface area contributed by atoms with Crippen molar-refractivity contribution in [3.63, 3.8) is 0 Å². The molecular weight excluding hydrogens is 406 g/mol. The van der Waals surface area contributed by atoms with Gasteiger partial charge in [-0.05, 0) is 55.2 Å². The molecule has 4 aromatic rings. The predicted molar refractivity (Wildman–Crippen MR) is 120 cm³/mol. The molecule has 164 valence electrons. The highest BCUT2D eigenvalue weighted by Gasteiger charge is 2.30. The summed E-state index contributed by atoms with van der Waals surface area (Å²) in [7, 11) is 0. The monoisotopic (exact) mass is 431 g/mol. The lowest BCUT2D eigenvalue weighted by Crippen LogP contribution is -2.48. The molecule has 0 spiro atoms. The average Bonchev–Trinajstić information content (AvgIpc) is 3.46. The maximum Gasteiger partial charge on any atom is 0.255 e. The topological polar surface area (TPSA) is 105 Å². The number of hydrogen-bond donors (Lipinski definition) is 3. The van der Waals surface area contributed by atoms with Crippen molar-refractivity contribution < 1.29 is 15.0 Å². The van der Waals surface area contributed by atoms with Crippen LogP contribution in [0.4, 0.5) is 0 Å². The molecule has 3 aromatic heterocycles. The van der Waals surface area contributed by atoms with Gasteiger partial charge in [-0.3, -0.25) is 9.78 Å². The summed E-state index contributed by atoms with van der Waals surface area (Å²) in [5, 5.41) is 27.3. The van der Waals surface area contributed by atoms with E-state index in [1.165, 1.54) is 0 Å². The molecule has 1 amide bonds. The summed E-state index contributed by atoms with van der Waals surface area (Å²) in [5.41, 5.74) is 3.99. The van der Waals surface area contributed by atoms with E-state index in [1.54, 1.807) is 23.3 Å². The fourth-order valence-electron chi connectivity index (χ4n) is 4.33. The lowest BCUT2D eigenvalue weighted by Gasteiger charge is -2.31. The molecule has 0 aliphatic heterocycles. The summed E-state index contributed by atoms with van der Waals surface area (Å²) in [6.07, 6.45) is 7.32. The molecule has 1 unspecified atom stereocenters. The van der Waals surface area contributed by atoms with Gasteiger partial charge in [0.05, 0.1) is 35.0 Å². The third-order valence-corrected chi connectivity index (χ3v) is 6.04. The van der Waals surface area contributed by atoms with E-state index in [-0.39, 0.29) is 5.91 Å². The minimum absolute atomic E-state index is 0.292. The Labute approximate surface area is 185 Å². The van der Waals surface area contributed by atoms with Gasteiger partial charge in [0.25, 0.3) is 5.91 Å². The van der Waals surface area contributed by atoms with Gasteiger partial charge in [0.2, 0.25) is 0 Å². The largest absolute Gasteiger partial charge is 0.393 e. The van der Waals surface area contributed by atoms with Gasteiger partial charge in [-0.25, -0.2) is 4.68 Å². The Kier molecular flexibility index (Phi) is 5.46. The van der Waals surface area contributed by atoms with Gasteiger partial charge >= 0.3 is 0 Å². The fraction of sp³-hybridized carbons (Fsp3) is 0.292. The number of benzene rings is 1. The Hall–Kier alpha value is -3.49. The molecule has 8 nitrogen and oxygen atoms in total. The Bertz CT molecular complexity index is 1220. The number of pyridine rings is 1. The van der Waals surface area contributed by atoms with E-state index in [2.05, 4.69) is 15.4 Å². The van der Waals surface area contributed by atoms with Crippen molar-refractivity contribution in [2.24, 2.45) is 0 Å². The third-order valence-electron chi connectivity index (χ3n) is 6.04. The lowest BCUT2D eigenvalue weighted by atomic mass is 9.90. The van der Waals surface area contributed by atoms with Gasteiger partial charge in [-0.1, -0.05) is 12.1 Å². The second-order valence-electron chi connectivity index (χ2n) is 8.27. The molecule has 5 rings (SSSR count). The zero-order chi connectivity index (χ0) is 22.1. The minimum Gasteiger partial charge on any atom is -0.393 e. The molecule has 0 saturated heterocycles. The summed E-state index contributed by atoms with van der Waals surface area (Å²) >= 11 is 0. The molecule has 1 aliphatic carbocycles. The summed E-state index contributed by atoms with van der Waals surface area (Å²) < 4.78 is 3.81. The predicted octanol–water partition coefficient (Wildman–Crippen LogP) is 2.27. The summed E-state index contributed by atoms with van der Waals surface area (Å²) in [6, 6.07) is 13.3. The number of carbonyl (C=O) groups excluding carboxylic acids is 1. The van der Waals surface area contributed by atoms with Crippen LogP contribution in [0.25, 0.3) is 16.7 Å². The first-order valence-electron chi connectivity index (χ1n) is 10.8. The molecular formula is C24H25N5O3. The number of carbonyl (C=O) groups is 1. The van der Waals surface area contributed by atoms with E-state index in [9.17, 15) is 15.0 Å². The maximum absolute atomic E-state index is 13.1. The van der Waals surface area contributed by atoms with Crippen LogP contribution in [0.2, 0.25) is 0 Å². The van der Waals surface area contributed by atoms with Crippen LogP contribution in [-0.2, 0) is 6.54 Å². The fourth-order valence-corrected chi connectivity index (χ4v) is 4.33. The van der Waals surface area contributed by atoms with Crippen molar-refractivity contribution in [3.8, 4) is 5.69 Å². The number of nitrogens with one attached hydrogen (secondary N) is 1. The second kappa shape index (κ2) is 8.57. The summed E-state index contributed by atoms with van der Waals surface area (Å²) in [5.74, 6) is -0.292. The van der Waals surface area contributed by atoms with E-state index in [4.69, 9.17) is 0 Å². The molecule has 1 aliphatic rings. The minimum atomic E-state index is -0.656. The van der Waals surface area contributed by atoms with Crippen LogP contribution < -0.4 is 5.32 Å². The number of aromatic nitrogens is 4. The van der Waals surface area contributed by atoms with Gasteiger partial charge in [-0.2, -0.15) is 5.10 Å². The van der Waals surface area contributed by atoms with Gasteiger partial charge in [0.15, 0.2) is 0 Å². The van der Waals surface area contributed by atoms with Crippen LogP contribution in [0.15, 0.2) is 67.3 Å². The number of fused-ring (bicyclic) bond motifs is 1. The normalized spacial score (nSPS) is 21.0. The molecule has 0 bridgehead atoms. The van der Waals surface area contributed by atoms with Gasteiger partial charge in [0.1, 0.15) is 5.52 Å². The number of nitrogens with zero attached hydrogens (tertiary/aromatic N) is 4. The Balaban J connectivity index is 1.39. The van der Waals surface area contributed by atoms with Crippen LogP contribution >= 0.6 is 0 Å². The number of rotatable bonds is 5. The molecule has 3 heterocycles. The zero-order valence-electron chi connectivity index (χ0n) is 17.5. The zero-order valence-corrected chi connectivity index (χ0v) is 17.5. The highest BCUT2D eigenvalue weighted by Crippen LogP contribution is 2.23. The van der Waals surface area contributed by atoms with Crippen molar-refractivity contribution in [2.75, 3.05) is 0 Å². The van der Waals surface area contributed by atoms with Crippen LogP contribution in [-0.4, -0.2) is 53.7 Å². The highest BCUT2D eigenvalue weighted by molar-refractivity contribution is 6.05. The molecule has 1 aromatic carbocycles. The maximum atomic E-state index is 13.1. The van der Waals surface area contributed by atoms with Crippen molar-refractivity contribution in [2.45, 2.75) is 44.1 Å². The van der Waals surface area contributed by atoms with E-state index in [0.717, 1.165) is 16.8 Å². The SMILES string of the molecule is O=C(N[C@H]1CC(O)CC[C@@H]1O)c1cn(Cc2ccc(-n3cccn3)cc2)c2cccnc12. The first-order chi connectivity index (χ1) is 15.6. The summed E-state index contributed by atoms with van der Waals surface area (Å²) in [6.45, 7) is 0.583. The molecule has 1 saturated carbocycles. The van der Waals surface area contributed by atoms with Crippen molar-refractivity contribution >= 4 is 16.9 Å². The second-order valence-corrected chi connectivity index (χ2v) is 8.27. The highest BCUT2D eigenvalue weighted by atomic mass is 16.3. The van der Waals surface area contributed by atoms with Crippen molar-refractivity contribution in [3.05, 3.63) is 78.4 Å². The Morgan fingerprint density at radius 2 is 1.94 bits per heavy atom. The van der Waals surface area contributed by atoms with Crippen molar-refractivity contribution in [1.29, 1.82) is 0 Å². The first kappa shape index (κ1) is 20.4. The number of aliphatic hydroxyl groups excluding tert-OH is 2. The molecule has 3 atom stereocenters. The summed E-state index contributed by atoms with van der Waals surface area (Å²) in [4.78, 5) is 17.5. The van der Waals surface area contributed by atoms with Gasteiger partial charge in [-0.15, -0.1) is 0 Å². The van der Waals surface area contributed by atoms with Gasteiger partial charge < -0.3 is 20.1 Å². The Morgan fingerprint density at radius 1 is 1.09 bits per heavy atom. The smallest absolute Gasteiger partial charge is 0.255 e. The van der Waals surface area contributed by atoms with Crippen LogP contribution in [0.3, 0.4) is 0 Å². The van der Waals surface area contributed by atoms with Crippen LogP contribution in [0.1, 0.15) is 35.2 Å².